The first-order valence-electron chi connectivity index (χ1n) is 8.59. The van der Waals surface area contributed by atoms with Gasteiger partial charge >= 0.3 is 0 Å². The van der Waals surface area contributed by atoms with Gasteiger partial charge in [-0.3, -0.25) is 0 Å². The Bertz CT molecular complexity index is 149. The van der Waals surface area contributed by atoms with E-state index in [1.54, 1.807) is 24.6 Å². The Labute approximate surface area is 141 Å². The van der Waals surface area contributed by atoms with Gasteiger partial charge in [0.2, 0.25) is 0 Å². The van der Waals surface area contributed by atoms with Gasteiger partial charge in [-0.05, 0) is 25.7 Å². The molecule has 0 spiro atoms. The fraction of sp³-hybridized carbons (Fsp3) is 1.00. The van der Waals surface area contributed by atoms with E-state index in [2.05, 4.69) is 27.7 Å². The van der Waals surface area contributed by atoms with Crippen LogP contribution in [0.15, 0.2) is 0 Å². The summed E-state index contributed by atoms with van der Waals surface area (Å²) in [5.41, 5.74) is 0. The van der Waals surface area contributed by atoms with E-state index in [0.29, 0.717) is 0 Å². The molecule has 0 aromatic heterocycles. The number of hydrogen-bond donors (Lipinski definition) is 0. The Kier molecular flexibility index (Phi) is 18.4. The molecule has 118 valence electrons. The van der Waals surface area contributed by atoms with Crippen molar-refractivity contribution in [3.05, 3.63) is 0 Å². The van der Waals surface area contributed by atoms with Crippen molar-refractivity contribution in [2.45, 2.75) is 85.5 Å². The minimum Gasteiger partial charge on any atom is -1.00 e. The molecule has 0 bridgehead atoms. The summed E-state index contributed by atoms with van der Waals surface area (Å²) in [7, 11) is -0.575. The zero-order chi connectivity index (χ0) is 13.7. The first-order valence-corrected chi connectivity index (χ1v) is 11.1. The quantitative estimate of drug-likeness (QED) is 0.252. The monoisotopic (exact) mass is 400 g/mol. The normalized spacial score (nSPS) is 11.4. The van der Waals surface area contributed by atoms with E-state index in [1.807, 2.05) is 0 Å². The molecule has 0 aromatic carbocycles. The summed E-state index contributed by atoms with van der Waals surface area (Å²) in [4.78, 5) is 0. The van der Waals surface area contributed by atoms with E-state index in [0.717, 1.165) is 0 Å². The van der Waals surface area contributed by atoms with Crippen molar-refractivity contribution in [1.82, 2.24) is 0 Å². The second kappa shape index (κ2) is 15.5. The molecule has 0 radical (unpaired) electrons. The summed E-state index contributed by atoms with van der Waals surface area (Å²) in [5, 5.41) is 0. The SMILES string of the molecule is CCCCC[P+](CCCC)(CCCC)CCCC.[I-]. The zero-order valence-corrected chi connectivity index (χ0v) is 17.1. The van der Waals surface area contributed by atoms with Crippen LogP contribution >= 0.6 is 7.26 Å². The molecule has 2 heteroatoms. The number of rotatable bonds is 13. The van der Waals surface area contributed by atoms with Crippen molar-refractivity contribution < 1.29 is 24.0 Å². The van der Waals surface area contributed by atoms with Crippen molar-refractivity contribution in [1.29, 1.82) is 0 Å². The highest BCUT2D eigenvalue weighted by atomic mass is 127. The lowest BCUT2D eigenvalue weighted by molar-refractivity contribution is -0.00000425. The predicted molar refractivity (Wildman–Crippen MR) is 90.6 cm³/mol. The lowest BCUT2D eigenvalue weighted by Gasteiger charge is -2.28. The highest BCUT2D eigenvalue weighted by Gasteiger charge is 2.34. The van der Waals surface area contributed by atoms with Crippen LogP contribution in [0.2, 0.25) is 0 Å². The summed E-state index contributed by atoms with van der Waals surface area (Å²) >= 11 is 0. The first kappa shape index (κ1) is 22.4. The van der Waals surface area contributed by atoms with Crippen molar-refractivity contribution in [3.63, 3.8) is 0 Å². The second-order valence-electron chi connectivity index (χ2n) is 6.00. The van der Waals surface area contributed by atoms with Gasteiger partial charge in [0.05, 0.1) is 24.6 Å². The maximum atomic E-state index is 2.36. The van der Waals surface area contributed by atoms with Crippen LogP contribution in [0.25, 0.3) is 0 Å². The lowest BCUT2D eigenvalue weighted by Crippen LogP contribution is -3.00. The highest BCUT2D eigenvalue weighted by Crippen LogP contribution is 2.61. The summed E-state index contributed by atoms with van der Waals surface area (Å²) in [6.07, 6.45) is 19.5. The van der Waals surface area contributed by atoms with Gasteiger partial charge in [0, 0.05) is 7.26 Å². The van der Waals surface area contributed by atoms with Crippen LogP contribution in [0.1, 0.15) is 85.5 Å². The molecule has 0 rings (SSSR count). The van der Waals surface area contributed by atoms with Crippen molar-refractivity contribution >= 4 is 7.26 Å². The Morgan fingerprint density at radius 2 is 0.789 bits per heavy atom. The molecule has 19 heavy (non-hydrogen) atoms. The van der Waals surface area contributed by atoms with Crippen molar-refractivity contribution in [3.8, 4) is 0 Å². The Balaban J connectivity index is 0. The molecular formula is C17H38IP. The van der Waals surface area contributed by atoms with Crippen LogP contribution in [-0.4, -0.2) is 24.6 Å². The highest BCUT2D eigenvalue weighted by molar-refractivity contribution is 7.75. The summed E-state index contributed by atoms with van der Waals surface area (Å²) in [5.74, 6) is 0. The Morgan fingerprint density at radius 1 is 0.474 bits per heavy atom. The van der Waals surface area contributed by atoms with Crippen LogP contribution in [0, 0.1) is 0 Å². The Hall–Kier alpha value is 1.16. The summed E-state index contributed by atoms with van der Waals surface area (Å²) < 4.78 is 0. The van der Waals surface area contributed by atoms with Crippen LogP contribution in [0.5, 0.6) is 0 Å². The van der Waals surface area contributed by atoms with E-state index in [4.69, 9.17) is 0 Å². The lowest BCUT2D eigenvalue weighted by atomic mass is 10.3. The predicted octanol–water partition coefficient (Wildman–Crippen LogP) is 3.60. The molecule has 0 aliphatic rings. The first-order chi connectivity index (χ1) is 8.74. The van der Waals surface area contributed by atoms with E-state index < -0.39 is 7.26 Å². The van der Waals surface area contributed by atoms with E-state index in [-0.39, 0.29) is 24.0 Å². The van der Waals surface area contributed by atoms with Crippen LogP contribution < -0.4 is 24.0 Å². The third-order valence-corrected chi connectivity index (χ3v) is 9.25. The van der Waals surface area contributed by atoms with Gasteiger partial charge in [0.1, 0.15) is 0 Å². The molecule has 0 N–H and O–H groups in total. The molecule has 0 saturated carbocycles. The summed E-state index contributed by atoms with van der Waals surface area (Å²) in [6, 6.07) is 0. The fourth-order valence-corrected chi connectivity index (χ4v) is 8.05. The topological polar surface area (TPSA) is 0 Å². The van der Waals surface area contributed by atoms with Gasteiger partial charge in [-0.1, -0.05) is 59.8 Å². The number of halogens is 1. The molecule has 0 aromatic rings. The van der Waals surface area contributed by atoms with Crippen molar-refractivity contribution in [2.75, 3.05) is 24.6 Å². The zero-order valence-electron chi connectivity index (χ0n) is 14.0. The number of hydrogen-bond acceptors (Lipinski definition) is 0. The second-order valence-corrected chi connectivity index (χ2v) is 10.5. The van der Waals surface area contributed by atoms with E-state index >= 15 is 0 Å². The molecule has 0 saturated heterocycles. The molecule has 0 fully saturated rings. The van der Waals surface area contributed by atoms with Crippen LogP contribution in [-0.2, 0) is 0 Å². The van der Waals surface area contributed by atoms with Gasteiger partial charge in [-0.25, -0.2) is 0 Å². The number of unbranched alkanes of at least 4 members (excludes halogenated alkanes) is 5. The molecule has 0 unspecified atom stereocenters. The fourth-order valence-electron chi connectivity index (χ4n) is 2.85. The van der Waals surface area contributed by atoms with Gasteiger partial charge in [-0.15, -0.1) is 0 Å². The minimum absolute atomic E-state index is 0. The molecule has 0 aliphatic carbocycles. The maximum Gasteiger partial charge on any atom is 0.0594 e. The van der Waals surface area contributed by atoms with Crippen LogP contribution in [0.3, 0.4) is 0 Å². The van der Waals surface area contributed by atoms with Gasteiger partial charge < -0.3 is 24.0 Å². The Morgan fingerprint density at radius 3 is 1.11 bits per heavy atom. The third-order valence-electron chi connectivity index (χ3n) is 4.19. The van der Waals surface area contributed by atoms with E-state index in [9.17, 15) is 0 Å². The third kappa shape index (κ3) is 11.5. The standard InChI is InChI=1S/C17H38P.HI/c1-5-9-13-17-18(14-10-6-2,15-11-7-3)16-12-8-4;/h5-17H2,1-4H3;1H/q+1;/p-1. The smallest absolute Gasteiger partial charge is 0.0594 e. The van der Waals surface area contributed by atoms with Gasteiger partial charge in [-0.2, -0.15) is 0 Å². The molecule has 0 nitrogen and oxygen atoms in total. The van der Waals surface area contributed by atoms with Gasteiger partial charge in [0.25, 0.3) is 0 Å². The molecule has 0 heterocycles. The van der Waals surface area contributed by atoms with Crippen molar-refractivity contribution in [2.24, 2.45) is 0 Å². The molecule has 0 atom stereocenters. The largest absolute Gasteiger partial charge is 1.00 e. The minimum atomic E-state index is -0.575. The van der Waals surface area contributed by atoms with Gasteiger partial charge in [0.15, 0.2) is 0 Å². The summed E-state index contributed by atoms with van der Waals surface area (Å²) in [6.45, 7) is 9.42. The maximum absolute atomic E-state index is 2.36. The van der Waals surface area contributed by atoms with E-state index in [1.165, 1.54) is 57.8 Å². The molecule has 0 aliphatic heterocycles. The average Bonchev–Trinajstić information content (AvgIpc) is 2.40. The van der Waals surface area contributed by atoms with Crippen LogP contribution in [0.4, 0.5) is 0 Å². The molecule has 0 amide bonds. The molecular weight excluding hydrogens is 362 g/mol. The average molecular weight is 400 g/mol.